The summed E-state index contributed by atoms with van der Waals surface area (Å²) in [6, 6.07) is 19.1. The summed E-state index contributed by atoms with van der Waals surface area (Å²) in [6.07, 6.45) is 3.69. The van der Waals surface area contributed by atoms with Crippen molar-refractivity contribution in [2.75, 3.05) is 45.2 Å². The molecule has 2 aromatic carbocycles. The van der Waals surface area contributed by atoms with E-state index >= 15 is 0 Å². The molecule has 0 bridgehead atoms. The number of fused-ring (bicyclic) bond motifs is 1. The zero-order chi connectivity index (χ0) is 23.3. The van der Waals surface area contributed by atoms with Gasteiger partial charge in [-0.3, -0.25) is 9.88 Å². The van der Waals surface area contributed by atoms with E-state index in [1.807, 2.05) is 18.3 Å². The minimum absolute atomic E-state index is 0.774. The highest BCUT2D eigenvalue weighted by Crippen LogP contribution is 2.24. The molecule has 7 nitrogen and oxygen atoms in total. The van der Waals surface area contributed by atoms with Crippen molar-refractivity contribution in [2.24, 2.45) is 0 Å². The maximum Gasteiger partial charge on any atom is 0.119 e. The van der Waals surface area contributed by atoms with Crippen molar-refractivity contribution in [2.45, 2.75) is 19.6 Å². The van der Waals surface area contributed by atoms with Crippen LogP contribution in [-0.2, 0) is 19.6 Å². The normalized spacial score (nSPS) is 15.0. The Morgan fingerprint density at radius 1 is 0.941 bits per heavy atom. The third kappa shape index (κ3) is 5.38. The van der Waals surface area contributed by atoms with Crippen LogP contribution in [0.25, 0.3) is 11.0 Å². The molecule has 4 aromatic rings. The van der Waals surface area contributed by atoms with E-state index in [4.69, 9.17) is 9.72 Å². The zero-order valence-corrected chi connectivity index (χ0v) is 19.9. The molecule has 176 valence electrons. The van der Waals surface area contributed by atoms with E-state index in [9.17, 15) is 0 Å². The average Bonchev–Trinajstić information content (AvgIpc) is 3.33. The highest BCUT2D eigenvalue weighted by molar-refractivity contribution is 5.75. The lowest BCUT2D eigenvalue weighted by Crippen LogP contribution is -2.44. The summed E-state index contributed by atoms with van der Waals surface area (Å²) in [4.78, 5) is 19.6. The number of hydrogen-bond donors (Lipinski definition) is 1. The Labute approximate surface area is 201 Å². The molecule has 7 heteroatoms. The Hall–Kier alpha value is -3.42. The van der Waals surface area contributed by atoms with E-state index in [0.29, 0.717) is 0 Å². The number of hydrogen-bond acceptors (Lipinski definition) is 6. The van der Waals surface area contributed by atoms with Crippen molar-refractivity contribution in [3.8, 4) is 5.75 Å². The van der Waals surface area contributed by atoms with Crippen molar-refractivity contribution < 1.29 is 4.74 Å². The van der Waals surface area contributed by atoms with Gasteiger partial charge in [0.1, 0.15) is 5.75 Å². The largest absolute Gasteiger partial charge is 0.497 e. The second kappa shape index (κ2) is 10.2. The van der Waals surface area contributed by atoms with Crippen molar-refractivity contribution >= 4 is 16.7 Å². The van der Waals surface area contributed by atoms with E-state index < -0.39 is 0 Å². The number of likely N-dealkylation sites (N-methyl/N-ethyl adjacent to an activating group) is 1. The van der Waals surface area contributed by atoms with Gasteiger partial charge >= 0.3 is 0 Å². The number of pyridine rings is 1. The molecule has 2 aromatic heterocycles. The Morgan fingerprint density at radius 3 is 2.59 bits per heavy atom. The van der Waals surface area contributed by atoms with Crippen molar-refractivity contribution in [1.29, 1.82) is 0 Å². The van der Waals surface area contributed by atoms with Crippen LogP contribution in [-0.4, -0.2) is 65.1 Å². The number of aromatic amines is 1. The number of piperazine rings is 1. The van der Waals surface area contributed by atoms with Gasteiger partial charge in [0.15, 0.2) is 0 Å². The van der Waals surface area contributed by atoms with Gasteiger partial charge in [0.05, 0.1) is 30.2 Å². The molecule has 0 saturated carbocycles. The van der Waals surface area contributed by atoms with Gasteiger partial charge in [-0.1, -0.05) is 18.2 Å². The molecule has 1 saturated heterocycles. The minimum Gasteiger partial charge on any atom is -0.497 e. The molecule has 0 spiro atoms. The van der Waals surface area contributed by atoms with Crippen LogP contribution in [0.2, 0.25) is 0 Å². The second-order valence-electron chi connectivity index (χ2n) is 9.05. The smallest absolute Gasteiger partial charge is 0.119 e. The SMILES string of the molecule is COc1cccc(CN(Cc2ccc3nc[nH]c3c2)c2ccnc(CN3CCN(C)CC3)c2)c1. The first-order valence-electron chi connectivity index (χ1n) is 11.8. The van der Waals surface area contributed by atoms with Crippen LogP contribution >= 0.6 is 0 Å². The van der Waals surface area contributed by atoms with Gasteiger partial charge in [-0.15, -0.1) is 0 Å². The number of nitrogens with one attached hydrogen (secondary N) is 1. The first kappa shape index (κ1) is 22.4. The summed E-state index contributed by atoms with van der Waals surface area (Å²) >= 11 is 0. The molecule has 0 atom stereocenters. The molecule has 3 heterocycles. The number of nitrogens with zero attached hydrogens (tertiary/aromatic N) is 5. The fraction of sp³-hybridized carbons (Fsp3) is 0.333. The lowest BCUT2D eigenvalue weighted by atomic mass is 10.1. The molecule has 0 radical (unpaired) electrons. The standard InChI is InChI=1S/C27H32N6O/c1-31-10-12-32(13-11-31)19-23-16-24(8-9-28-23)33(17-21-4-3-5-25(14-21)34-2)18-22-6-7-26-27(15-22)30-20-29-26/h3-9,14-16,20H,10-13,17-19H2,1-2H3,(H,29,30). The molecule has 1 N–H and O–H groups in total. The fourth-order valence-electron chi connectivity index (χ4n) is 4.51. The van der Waals surface area contributed by atoms with Crippen LogP contribution in [0.5, 0.6) is 5.75 Å². The topological polar surface area (TPSA) is 60.5 Å². The number of imidazole rings is 1. The number of methoxy groups -OCH3 is 1. The van der Waals surface area contributed by atoms with Crippen molar-refractivity contribution in [1.82, 2.24) is 24.8 Å². The highest BCUT2D eigenvalue weighted by atomic mass is 16.5. The number of H-pyrrole nitrogens is 1. The second-order valence-corrected chi connectivity index (χ2v) is 9.05. The number of rotatable bonds is 8. The molecule has 0 amide bonds. The van der Waals surface area contributed by atoms with Crippen LogP contribution in [0, 0.1) is 0 Å². The molecule has 34 heavy (non-hydrogen) atoms. The minimum atomic E-state index is 0.774. The van der Waals surface area contributed by atoms with Crippen LogP contribution in [0.15, 0.2) is 67.1 Å². The third-order valence-electron chi connectivity index (χ3n) is 6.51. The average molecular weight is 457 g/mol. The quantitative estimate of drug-likeness (QED) is 0.434. The Morgan fingerprint density at radius 2 is 1.76 bits per heavy atom. The summed E-state index contributed by atoms with van der Waals surface area (Å²) in [5, 5.41) is 0. The maximum atomic E-state index is 5.46. The third-order valence-corrected chi connectivity index (χ3v) is 6.51. The number of ether oxygens (including phenoxy) is 1. The van der Waals surface area contributed by atoms with E-state index in [-0.39, 0.29) is 0 Å². The molecular formula is C27H32N6O. The van der Waals surface area contributed by atoms with Crippen LogP contribution < -0.4 is 9.64 Å². The summed E-state index contributed by atoms with van der Waals surface area (Å²) in [7, 11) is 3.90. The van der Waals surface area contributed by atoms with E-state index in [2.05, 4.69) is 74.2 Å². The van der Waals surface area contributed by atoms with E-state index in [0.717, 1.165) is 68.3 Å². The highest BCUT2D eigenvalue weighted by Gasteiger charge is 2.16. The Balaban J connectivity index is 1.40. The van der Waals surface area contributed by atoms with Crippen LogP contribution in [0.3, 0.4) is 0 Å². The molecule has 1 aliphatic heterocycles. The van der Waals surface area contributed by atoms with Crippen LogP contribution in [0.4, 0.5) is 5.69 Å². The van der Waals surface area contributed by atoms with Gasteiger partial charge in [-0.05, 0) is 54.6 Å². The van der Waals surface area contributed by atoms with Gasteiger partial charge in [0.2, 0.25) is 0 Å². The van der Waals surface area contributed by atoms with Gasteiger partial charge in [0.25, 0.3) is 0 Å². The first-order valence-corrected chi connectivity index (χ1v) is 11.8. The molecular weight excluding hydrogens is 424 g/mol. The maximum absolute atomic E-state index is 5.46. The van der Waals surface area contributed by atoms with Gasteiger partial charge in [0, 0.05) is 57.7 Å². The fourth-order valence-corrected chi connectivity index (χ4v) is 4.51. The molecule has 5 rings (SSSR count). The Kier molecular flexibility index (Phi) is 6.74. The Bertz CT molecular complexity index is 1230. The summed E-state index contributed by atoms with van der Waals surface area (Å²) in [6.45, 7) is 6.82. The summed E-state index contributed by atoms with van der Waals surface area (Å²) in [5.41, 5.74) is 6.77. The van der Waals surface area contributed by atoms with Crippen LogP contribution in [0.1, 0.15) is 16.8 Å². The van der Waals surface area contributed by atoms with Crippen molar-refractivity contribution in [3.05, 3.63) is 83.9 Å². The molecule has 1 fully saturated rings. The number of aromatic nitrogens is 3. The lowest BCUT2D eigenvalue weighted by Gasteiger charge is -2.32. The summed E-state index contributed by atoms with van der Waals surface area (Å²) < 4.78 is 5.46. The number of anilines is 1. The predicted octanol–water partition coefficient (Wildman–Crippen LogP) is 3.92. The van der Waals surface area contributed by atoms with E-state index in [1.54, 1.807) is 13.4 Å². The van der Waals surface area contributed by atoms with Gasteiger partial charge < -0.3 is 19.5 Å². The molecule has 1 aliphatic rings. The molecule has 0 unspecified atom stereocenters. The predicted molar refractivity (Wildman–Crippen MR) is 136 cm³/mol. The van der Waals surface area contributed by atoms with Gasteiger partial charge in [-0.2, -0.15) is 0 Å². The monoisotopic (exact) mass is 456 g/mol. The van der Waals surface area contributed by atoms with E-state index in [1.165, 1.54) is 16.8 Å². The lowest BCUT2D eigenvalue weighted by molar-refractivity contribution is 0.147. The van der Waals surface area contributed by atoms with Crippen molar-refractivity contribution in [3.63, 3.8) is 0 Å². The molecule has 0 aliphatic carbocycles. The van der Waals surface area contributed by atoms with Gasteiger partial charge in [-0.25, -0.2) is 4.98 Å². The summed E-state index contributed by atoms with van der Waals surface area (Å²) in [5.74, 6) is 0.877. The first-order chi connectivity index (χ1) is 16.7. The zero-order valence-electron chi connectivity index (χ0n) is 19.9. The number of benzene rings is 2.